The molecule has 1 spiro atoms. The summed E-state index contributed by atoms with van der Waals surface area (Å²) in [6, 6.07) is 16.4. The van der Waals surface area contributed by atoms with Gasteiger partial charge in [-0.05, 0) is 43.2 Å². The first-order chi connectivity index (χ1) is 25.2. The second kappa shape index (κ2) is 16.9. The van der Waals surface area contributed by atoms with Gasteiger partial charge in [0.25, 0.3) is 0 Å². The standard InChI is InChI=1S/C41H50BrN3O7/c1-3-5-21-33(47)51-26-32(28-17-11-7-12-18-28)43-38(48)34-35-39(49)45(30(25-46)23-27-15-9-6-10-16-27)37(41(35)24-31(42)36(34)52-41)40(50)44(22-4-2)29-19-13-8-14-20-29/h3-4,6-7,9-12,15-18,29-32,34-37,46H,1-2,5,8,13-14,19-26H2,(H,43,48)/t30-,31?,32-,34+,35-,36+,37+,41-/m1/s1. The van der Waals surface area contributed by atoms with Gasteiger partial charge in [-0.15, -0.1) is 13.2 Å². The molecule has 0 aromatic heterocycles. The number of amides is 3. The number of halogens is 1. The molecule has 0 radical (unpaired) electrons. The minimum absolute atomic E-state index is 0.00774. The Hall–Kier alpha value is -3.80. The van der Waals surface area contributed by atoms with Crippen molar-refractivity contribution in [2.45, 2.75) is 98.5 Å². The number of aliphatic hydroxyl groups excluding tert-OH is 1. The first kappa shape index (κ1) is 37.9. The molecule has 2 aromatic carbocycles. The molecular weight excluding hydrogens is 726 g/mol. The molecule has 2 N–H and O–H groups in total. The predicted octanol–water partition coefficient (Wildman–Crippen LogP) is 5.05. The fourth-order valence-corrected chi connectivity index (χ4v) is 9.87. The van der Waals surface area contributed by atoms with E-state index in [1.165, 1.54) is 0 Å². The number of nitrogens with zero attached hydrogens (tertiary/aromatic N) is 2. The number of rotatable bonds is 16. The van der Waals surface area contributed by atoms with Gasteiger partial charge in [0.1, 0.15) is 18.2 Å². The van der Waals surface area contributed by atoms with E-state index in [-0.39, 0.29) is 42.3 Å². The van der Waals surface area contributed by atoms with E-state index in [0.717, 1.165) is 43.2 Å². The van der Waals surface area contributed by atoms with Crippen molar-refractivity contribution in [3.05, 3.63) is 97.1 Å². The van der Waals surface area contributed by atoms with Gasteiger partial charge >= 0.3 is 5.97 Å². The lowest BCUT2D eigenvalue weighted by Crippen LogP contribution is -2.61. The molecular formula is C41H50BrN3O7. The van der Waals surface area contributed by atoms with E-state index in [2.05, 4.69) is 34.4 Å². The number of allylic oxidation sites excluding steroid dienone is 1. The number of ether oxygens (including phenoxy) is 2. The van der Waals surface area contributed by atoms with E-state index >= 15 is 4.79 Å². The van der Waals surface area contributed by atoms with Crippen LogP contribution in [-0.4, -0.2) is 93.0 Å². The van der Waals surface area contributed by atoms with Gasteiger partial charge in [-0.25, -0.2) is 0 Å². The maximum absolute atomic E-state index is 15.1. The highest BCUT2D eigenvalue weighted by Crippen LogP contribution is 2.60. The van der Waals surface area contributed by atoms with Crippen molar-refractivity contribution >= 4 is 39.6 Å². The van der Waals surface area contributed by atoms with Crippen LogP contribution in [0, 0.1) is 11.8 Å². The van der Waals surface area contributed by atoms with Crippen LogP contribution < -0.4 is 5.32 Å². The summed E-state index contributed by atoms with van der Waals surface area (Å²) < 4.78 is 12.4. The molecule has 52 heavy (non-hydrogen) atoms. The molecule has 1 saturated carbocycles. The number of nitrogens with one attached hydrogen (secondary N) is 1. The average molecular weight is 777 g/mol. The summed E-state index contributed by atoms with van der Waals surface area (Å²) in [5, 5.41) is 14.0. The molecule has 2 aromatic rings. The van der Waals surface area contributed by atoms with Crippen LogP contribution in [0.2, 0.25) is 0 Å². The summed E-state index contributed by atoms with van der Waals surface area (Å²) >= 11 is 3.79. The van der Waals surface area contributed by atoms with Crippen LogP contribution in [0.3, 0.4) is 0 Å². The molecule has 10 nitrogen and oxygen atoms in total. The zero-order valence-electron chi connectivity index (χ0n) is 29.6. The first-order valence-corrected chi connectivity index (χ1v) is 19.5. The van der Waals surface area contributed by atoms with Crippen LogP contribution >= 0.6 is 15.9 Å². The highest BCUT2D eigenvalue weighted by atomic mass is 79.9. The van der Waals surface area contributed by atoms with Gasteiger partial charge in [-0.3, -0.25) is 19.2 Å². The maximum atomic E-state index is 15.1. The van der Waals surface area contributed by atoms with Crippen molar-refractivity contribution in [3.8, 4) is 0 Å². The third-order valence-corrected chi connectivity index (χ3v) is 12.1. The van der Waals surface area contributed by atoms with Crippen LogP contribution in [0.4, 0.5) is 0 Å². The highest BCUT2D eigenvalue weighted by Gasteiger charge is 2.77. The van der Waals surface area contributed by atoms with Gasteiger partial charge in [-0.2, -0.15) is 0 Å². The molecule has 3 heterocycles. The molecule has 4 fully saturated rings. The first-order valence-electron chi connectivity index (χ1n) is 18.6. The summed E-state index contributed by atoms with van der Waals surface area (Å²) in [5.74, 6) is -3.33. The van der Waals surface area contributed by atoms with E-state index in [0.29, 0.717) is 25.8 Å². The van der Waals surface area contributed by atoms with Gasteiger partial charge in [0, 0.05) is 23.8 Å². The van der Waals surface area contributed by atoms with Gasteiger partial charge < -0.3 is 29.7 Å². The number of alkyl halides is 1. The van der Waals surface area contributed by atoms with Crippen molar-refractivity contribution in [2.75, 3.05) is 19.8 Å². The Morgan fingerprint density at radius 3 is 2.40 bits per heavy atom. The topological polar surface area (TPSA) is 125 Å². The zero-order chi connectivity index (χ0) is 36.8. The number of esters is 1. The molecule has 1 aliphatic carbocycles. The molecule has 3 aliphatic heterocycles. The largest absolute Gasteiger partial charge is 0.463 e. The molecule has 2 bridgehead atoms. The van der Waals surface area contributed by atoms with Crippen LogP contribution in [0.1, 0.15) is 68.5 Å². The summed E-state index contributed by atoms with van der Waals surface area (Å²) in [5.41, 5.74) is 0.355. The Labute approximate surface area is 314 Å². The third kappa shape index (κ3) is 7.50. The van der Waals surface area contributed by atoms with Gasteiger partial charge in [0.05, 0.1) is 36.6 Å². The Morgan fingerprint density at radius 1 is 1.06 bits per heavy atom. The minimum atomic E-state index is -1.30. The number of likely N-dealkylation sites (tertiary alicyclic amines) is 1. The quantitative estimate of drug-likeness (QED) is 0.139. The summed E-state index contributed by atoms with van der Waals surface area (Å²) in [7, 11) is 0. The lowest BCUT2D eigenvalue weighted by Gasteiger charge is -2.42. The molecule has 1 unspecified atom stereocenters. The normalized spacial score (nSPS) is 27.8. The van der Waals surface area contributed by atoms with Crippen LogP contribution in [-0.2, 0) is 35.1 Å². The SMILES string of the molecule is C=CCCC(=O)OC[C@@H](NC(=O)[C@@H]1[C@H]2O[C@@]3(CC2Br)[C@H](C(=O)N(CC=C)C2CCCCC2)N([C@@H](CO)Cc2ccccc2)C(=O)[C@@H]13)c1ccccc1. The Kier molecular flexibility index (Phi) is 12.3. The Balaban J connectivity index is 1.36. The van der Waals surface area contributed by atoms with Crippen LogP contribution in [0.25, 0.3) is 0 Å². The molecule has 278 valence electrons. The molecule has 3 saturated heterocycles. The number of hydrogen-bond donors (Lipinski definition) is 2. The predicted molar refractivity (Wildman–Crippen MR) is 200 cm³/mol. The fraction of sp³-hybridized carbons (Fsp3) is 0.512. The fourth-order valence-electron chi connectivity index (χ4n) is 8.93. The zero-order valence-corrected chi connectivity index (χ0v) is 31.2. The minimum Gasteiger partial charge on any atom is -0.463 e. The molecule has 4 aliphatic rings. The monoisotopic (exact) mass is 775 g/mol. The number of carbonyl (C=O) groups is 4. The summed E-state index contributed by atoms with van der Waals surface area (Å²) in [6.07, 6.45) is 8.86. The summed E-state index contributed by atoms with van der Waals surface area (Å²) in [4.78, 5) is 60.2. The molecule has 6 rings (SSSR count). The van der Waals surface area contributed by atoms with E-state index in [1.807, 2.05) is 65.6 Å². The van der Waals surface area contributed by atoms with Gasteiger partial charge in [0.15, 0.2) is 0 Å². The van der Waals surface area contributed by atoms with E-state index in [9.17, 15) is 19.5 Å². The van der Waals surface area contributed by atoms with Crippen molar-refractivity contribution in [3.63, 3.8) is 0 Å². The lowest BCUT2D eigenvalue weighted by atomic mass is 9.70. The lowest BCUT2D eigenvalue weighted by molar-refractivity contribution is -0.153. The Bertz CT molecular complexity index is 1600. The highest BCUT2D eigenvalue weighted by molar-refractivity contribution is 9.09. The van der Waals surface area contributed by atoms with Crippen molar-refractivity contribution in [1.29, 1.82) is 0 Å². The smallest absolute Gasteiger partial charge is 0.306 e. The van der Waals surface area contributed by atoms with Gasteiger partial charge in [0.2, 0.25) is 17.7 Å². The van der Waals surface area contributed by atoms with E-state index in [4.69, 9.17) is 9.47 Å². The number of benzene rings is 2. The third-order valence-electron chi connectivity index (χ3n) is 11.3. The van der Waals surface area contributed by atoms with Crippen molar-refractivity contribution < 1.29 is 33.8 Å². The van der Waals surface area contributed by atoms with E-state index < -0.39 is 53.5 Å². The molecule has 11 heteroatoms. The average Bonchev–Trinajstić information content (AvgIpc) is 3.77. The van der Waals surface area contributed by atoms with Crippen molar-refractivity contribution in [1.82, 2.24) is 15.1 Å². The molecule has 8 atom stereocenters. The van der Waals surface area contributed by atoms with E-state index in [1.54, 1.807) is 17.1 Å². The maximum Gasteiger partial charge on any atom is 0.306 e. The summed E-state index contributed by atoms with van der Waals surface area (Å²) in [6.45, 7) is 7.47. The number of aliphatic hydroxyl groups is 1. The second-order valence-corrected chi connectivity index (χ2v) is 15.7. The van der Waals surface area contributed by atoms with Gasteiger partial charge in [-0.1, -0.05) is 108 Å². The molecule has 3 amide bonds. The van der Waals surface area contributed by atoms with Crippen LogP contribution in [0.5, 0.6) is 0 Å². The number of carbonyl (C=O) groups excluding carboxylic acids is 4. The van der Waals surface area contributed by atoms with Crippen LogP contribution in [0.15, 0.2) is 86.0 Å². The van der Waals surface area contributed by atoms with Crippen molar-refractivity contribution in [2.24, 2.45) is 11.8 Å². The number of hydrogen-bond acceptors (Lipinski definition) is 7. The number of fused-ring (bicyclic) bond motifs is 1. The second-order valence-electron chi connectivity index (χ2n) is 14.5. The Morgan fingerprint density at radius 2 is 1.75 bits per heavy atom.